The maximum Gasteiger partial charge on any atom is 0.238 e. The number of nitrogens with zero attached hydrogens (tertiary/aromatic N) is 1. The normalized spacial score (nSPS) is 15.3. The van der Waals surface area contributed by atoms with Crippen molar-refractivity contribution in [3.05, 3.63) is 48.5 Å². The molecule has 4 rings (SSSR count). The number of hydrogen-bond acceptors (Lipinski definition) is 3. The quantitative estimate of drug-likeness (QED) is 0.768. The number of sulfonamides is 1. The molecular formula is C18H19N3O2S. The summed E-state index contributed by atoms with van der Waals surface area (Å²) in [4.78, 5) is 5.83. The molecule has 1 aromatic heterocycles. The van der Waals surface area contributed by atoms with Crippen molar-refractivity contribution < 1.29 is 8.42 Å². The average Bonchev–Trinajstić information content (AvgIpc) is 3.22. The Kier molecular flexibility index (Phi) is 3.58. The fraction of sp³-hybridized carbons (Fsp3) is 0.222. The summed E-state index contributed by atoms with van der Waals surface area (Å²) >= 11 is 0. The summed E-state index contributed by atoms with van der Waals surface area (Å²) in [6.07, 6.45) is 2.31. The molecule has 2 heterocycles. The highest BCUT2D eigenvalue weighted by Crippen LogP contribution is 2.35. The van der Waals surface area contributed by atoms with Gasteiger partial charge in [-0.3, -0.25) is 0 Å². The van der Waals surface area contributed by atoms with E-state index in [1.54, 1.807) is 12.1 Å². The summed E-state index contributed by atoms with van der Waals surface area (Å²) in [5, 5.41) is 6.43. The molecule has 0 amide bonds. The predicted molar refractivity (Wildman–Crippen MR) is 96.6 cm³/mol. The summed E-state index contributed by atoms with van der Waals surface area (Å²) < 4.78 is 23.6. The van der Waals surface area contributed by atoms with Crippen molar-refractivity contribution in [1.29, 1.82) is 0 Å². The molecule has 0 unspecified atom stereocenters. The second-order valence-electron chi connectivity index (χ2n) is 6.19. The van der Waals surface area contributed by atoms with Crippen molar-refractivity contribution in [2.45, 2.75) is 17.7 Å². The molecule has 1 saturated heterocycles. The molecule has 3 aromatic rings. The Morgan fingerprint density at radius 3 is 2.46 bits per heavy atom. The molecule has 6 heteroatoms. The lowest BCUT2D eigenvalue weighted by Crippen LogP contribution is -2.19. The first-order valence-electron chi connectivity index (χ1n) is 8.02. The number of benzene rings is 2. The van der Waals surface area contributed by atoms with Gasteiger partial charge in [-0.15, -0.1) is 0 Å². The van der Waals surface area contributed by atoms with Gasteiger partial charge < -0.3 is 9.88 Å². The van der Waals surface area contributed by atoms with E-state index in [0.717, 1.165) is 53.8 Å². The third-order valence-corrected chi connectivity index (χ3v) is 5.47. The number of anilines is 1. The fourth-order valence-electron chi connectivity index (χ4n) is 3.36. The smallest absolute Gasteiger partial charge is 0.238 e. The van der Waals surface area contributed by atoms with E-state index in [1.807, 2.05) is 30.3 Å². The minimum atomic E-state index is -3.74. The molecule has 1 aliphatic heterocycles. The van der Waals surface area contributed by atoms with E-state index < -0.39 is 10.0 Å². The van der Waals surface area contributed by atoms with E-state index >= 15 is 0 Å². The summed E-state index contributed by atoms with van der Waals surface area (Å²) in [7, 11) is -3.74. The predicted octanol–water partition coefficient (Wildman–Crippen LogP) is 3.08. The standard InChI is InChI=1S/C18H19N3O2S/c19-24(22,23)14-7-8-18(21-9-3-4-10-21)15(12-14)17-11-13-5-1-2-6-16(13)20-17/h1-2,5-8,11-12,20H,3-4,9-10H2,(H2,19,22,23). The number of hydrogen-bond donors (Lipinski definition) is 2. The maximum absolute atomic E-state index is 11.8. The Bertz CT molecular complexity index is 969. The molecule has 0 aliphatic carbocycles. The first-order chi connectivity index (χ1) is 11.5. The highest BCUT2D eigenvalue weighted by Gasteiger charge is 2.20. The number of aromatic nitrogens is 1. The summed E-state index contributed by atoms with van der Waals surface area (Å²) in [6, 6.07) is 15.2. The van der Waals surface area contributed by atoms with E-state index in [1.165, 1.54) is 0 Å². The Labute approximate surface area is 141 Å². The van der Waals surface area contributed by atoms with Gasteiger partial charge in [0.05, 0.1) is 4.90 Å². The number of nitrogens with two attached hydrogens (primary N) is 1. The van der Waals surface area contributed by atoms with Crippen molar-refractivity contribution >= 4 is 26.6 Å². The van der Waals surface area contributed by atoms with Crippen molar-refractivity contribution in [1.82, 2.24) is 4.98 Å². The van der Waals surface area contributed by atoms with E-state index in [-0.39, 0.29) is 4.90 Å². The van der Waals surface area contributed by atoms with Crippen LogP contribution < -0.4 is 10.0 Å². The number of primary sulfonamides is 1. The lowest BCUT2D eigenvalue weighted by Gasteiger charge is -2.21. The van der Waals surface area contributed by atoms with Crippen molar-refractivity contribution in [3.63, 3.8) is 0 Å². The van der Waals surface area contributed by atoms with Gasteiger partial charge in [0.25, 0.3) is 0 Å². The van der Waals surface area contributed by atoms with E-state index in [2.05, 4.69) is 16.0 Å². The van der Waals surface area contributed by atoms with E-state index in [9.17, 15) is 8.42 Å². The monoisotopic (exact) mass is 341 g/mol. The highest BCUT2D eigenvalue weighted by molar-refractivity contribution is 7.89. The van der Waals surface area contributed by atoms with Crippen LogP contribution in [0.5, 0.6) is 0 Å². The van der Waals surface area contributed by atoms with E-state index in [0.29, 0.717) is 0 Å². The van der Waals surface area contributed by atoms with Crippen molar-refractivity contribution in [2.24, 2.45) is 5.14 Å². The van der Waals surface area contributed by atoms with Gasteiger partial charge in [-0.2, -0.15) is 0 Å². The maximum atomic E-state index is 11.8. The van der Waals surface area contributed by atoms with Gasteiger partial charge in [0.2, 0.25) is 10.0 Å². The molecule has 3 N–H and O–H groups in total. The zero-order chi connectivity index (χ0) is 16.7. The fourth-order valence-corrected chi connectivity index (χ4v) is 3.90. The van der Waals surface area contributed by atoms with Crippen LogP contribution in [0.1, 0.15) is 12.8 Å². The Balaban J connectivity index is 1.92. The second kappa shape index (κ2) is 5.65. The van der Waals surface area contributed by atoms with E-state index in [4.69, 9.17) is 5.14 Å². The van der Waals surface area contributed by atoms with Crippen molar-refractivity contribution in [2.75, 3.05) is 18.0 Å². The number of aromatic amines is 1. The number of nitrogens with one attached hydrogen (secondary N) is 1. The van der Waals surface area contributed by atoms with Gasteiger partial charge in [0.1, 0.15) is 0 Å². The molecule has 24 heavy (non-hydrogen) atoms. The molecule has 1 aliphatic rings. The minimum Gasteiger partial charge on any atom is -0.371 e. The number of rotatable bonds is 3. The second-order valence-corrected chi connectivity index (χ2v) is 7.75. The van der Waals surface area contributed by atoms with Crippen molar-refractivity contribution in [3.8, 4) is 11.3 Å². The first kappa shape index (κ1) is 15.2. The summed E-state index contributed by atoms with van der Waals surface area (Å²) in [5.74, 6) is 0. The average molecular weight is 341 g/mol. The van der Waals surface area contributed by atoms with Gasteiger partial charge in [0, 0.05) is 40.9 Å². The van der Waals surface area contributed by atoms with Crippen LogP contribution in [-0.2, 0) is 10.0 Å². The number of H-pyrrole nitrogens is 1. The number of para-hydroxylation sites is 1. The van der Waals surface area contributed by atoms with Gasteiger partial charge in [0.15, 0.2) is 0 Å². The molecule has 1 fully saturated rings. The third-order valence-electron chi connectivity index (χ3n) is 4.56. The molecule has 2 aromatic carbocycles. The van der Waals surface area contributed by atoms with Crippen LogP contribution in [0.2, 0.25) is 0 Å². The molecule has 5 nitrogen and oxygen atoms in total. The number of fused-ring (bicyclic) bond motifs is 1. The van der Waals surface area contributed by atoms with Crippen LogP contribution in [0.25, 0.3) is 22.2 Å². The molecule has 124 valence electrons. The summed E-state index contributed by atoms with van der Waals surface area (Å²) in [6.45, 7) is 1.98. The zero-order valence-corrected chi connectivity index (χ0v) is 14.0. The Hall–Kier alpha value is -2.31. The van der Waals surface area contributed by atoms with Crippen LogP contribution in [-0.4, -0.2) is 26.5 Å². The first-order valence-corrected chi connectivity index (χ1v) is 9.57. The molecule has 0 atom stereocenters. The Morgan fingerprint density at radius 1 is 1.00 bits per heavy atom. The van der Waals surface area contributed by atoms with Crippen LogP contribution in [0.3, 0.4) is 0 Å². The highest BCUT2D eigenvalue weighted by atomic mass is 32.2. The topological polar surface area (TPSA) is 79.2 Å². The molecule has 0 saturated carbocycles. The van der Waals surface area contributed by atoms with Crippen LogP contribution in [0, 0.1) is 0 Å². The van der Waals surface area contributed by atoms with Gasteiger partial charge in [-0.05, 0) is 43.2 Å². The van der Waals surface area contributed by atoms with Gasteiger partial charge >= 0.3 is 0 Å². The summed E-state index contributed by atoms with van der Waals surface area (Å²) in [5.41, 5.74) is 3.86. The largest absolute Gasteiger partial charge is 0.371 e. The lowest BCUT2D eigenvalue weighted by molar-refractivity contribution is 0.598. The zero-order valence-electron chi connectivity index (χ0n) is 13.2. The SMILES string of the molecule is NS(=O)(=O)c1ccc(N2CCCC2)c(-c2cc3ccccc3[nH]2)c1. The molecule has 0 radical (unpaired) electrons. The molecule has 0 bridgehead atoms. The minimum absolute atomic E-state index is 0.138. The van der Waals surface area contributed by atoms with Crippen LogP contribution >= 0.6 is 0 Å². The van der Waals surface area contributed by atoms with Crippen LogP contribution in [0.15, 0.2) is 53.4 Å². The third kappa shape index (κ3) is 2.68. The molecular weight excluding hydrogens is 322 g/mol. The Morgan fingerprint density at radius 2 is 1.75 bits per heavy atom. The van der Waals surface area contributed by atoms with Crippen LogP contribution in [0.4, 0.5) is 5.69 Å². The lowest BCUT2D eigenvalue weighted by atomic mass is 10.1. The van der Waals surface area contributed by atoms with Gasteiger partial charge in [-0.1, -0.05) is 18.2 Å². The van der Waals surface area contributed by atoms with Gasteiger partial charge in [-0.25, -0.2) is 13.6 Å². The molecule has 0 spiro atoms.